The van der Waals surface area contributed by atoms with E-state index in [9.17, 15) is 4.39 Å². The van der Waals surface area contributed by atoms with Gasteiger partial charge in [0.15, 0.2) is 11.5 Å². The first-order valence-corrected chi connectivity index (χ1v) is 12.8. The summed E-state index contributed by atoms with van der Waals surface area (Å²) in [5.41, 5.74) is 2.64. The van der Waals surface area contributed by atoms with Crippen molar-refractivity contribution in [3.63, 3.8) is 0 Å². The van der Waals surface area contributed by atoms with Crippen LogP contribution in [0, 0.1) is 5.82 Å². The minimum absolute atomic E-state index is 0.186. The molecule has 0 fully saturated rings. The van der Waals surface area contributed by atoms with Crippen LogP contribution in [0.25, 0.3) is 5.69 Å². The summed E-state index contributed by atoms with van der Waals surface area (Å²) in [6.07, 6.45) is 0. The first-order valence-electron chi connectivity index (χ1n) is 10.7. The molecule has 0 aliphatic carbocycles. The van der Waals surface area contributed by atoms with E-state index in [2.05, 4.69) is 36.8 Å². The van der Waals surface area contributed by atoms with Crippen molar-refractivity contribution in [3.05, 3.63) is 87.1 Å². The fraction of sp³-hybridized carbons (Fsp3) is 0.208. The summed E-state index contributed by atoms with van der Waals surface area (Å²) >= 11 is 11.3. The molecule has 0 atom stereocenters. The van der Waals surface area contributed by atoms with Crippen LogP contribution in [0.4, 0.5) is 4.39 Å². The lowest BCUT2D eigenvalue weighted by atomic mass is 10.2. The molecule has 0 aliphatic heterocycles. The van der Waals surface area contributed by atoms with Crippen molar-refractivity contribution < 1.29 is 13.9 Å². The minimum atomic E-state index is -0.387. The number of nitrogens with zero attached hydrogens (tertiary/aromatic N) is 4. The van der Waals surface area contributed by atoms with Gasteiger partial charge in [-0.2, -0.15) is 4.68 Å². The highest BCUT2D eigenvalue weighted by molar-refractivity contribution is 9.10. The summed E-state index contributed by atoms with van der Waals surface area (Å²) in [6.45, 7) is 1.59. The Bertz CT molecular complexity index is 1280. The van der Waals surface area contributed by atoms with Crippen LogP contribution in [0.2, 0.25) is 5.02 Å². The molecule has 1 aromatic heterocycles. The molecule has 7 nitrogen and oxygen atoms in total. The Morgan fingerprint density at radius 1 is 1.14 bits per heavy atom. The van der Waals surface area contributed by atoms with Crippen LogP contribution in [0.15, 0.2) is 70.3 Å². The number of hydrogen-bond acceptors (Lipinski definition) is 7. The molecule has 3 aromatic carbocycles. The van der Waals surface area contributed by atoms with Crippen molar-refractivity contribution >= 4 is 39.3 Å². The largest absolute Gasteiger partial charge is 0.493 e. The highest BCUT2D eigenvalue weighted by atomic mass is 79.9. The number of methoxy groups -OCH3 is 1. The third kappa shape index (κ3) is 6.72. The lowest BCUT2D eigenvalue weighted by Gasteiger charge is -2.15. The maximum Gasteiger partial charge on any atom is 0.214 e. The van der Waals surface area contributed by atoms with Crippen LogP contribution in [0.3, 0.4) is 0 Å². The Labute approximate surface area is 220 Å². The Balaban J connectivity index is 1.30. The summed E-state index contributed by atoms with van der Waals surface area (Å²) < 4.78 is 27.2. The number of ether oxygens (including phenoxy) is 2. The summed E-state index contributed by atoms with van der Waals surface area (Å²) in [5.74, 6) is 1.55. The van der Waals surface area contributed by atoms with E-state index < -0.39 is 0 Å². The molecule has 4 aromatic rings. The molecule has 1 N–H and O–H groups in total. The number of benzene rings is 3. The van der Waals surface area contributed by atoms with E-state index in [4.69, 9.17) is 21.1 Å². The van der Waals surface area contributed by atoms with Gasteiger partial charge < -0.3 is 14.8 Å². The molecule has 0 amide bonds. The fourth-order valence-corrected chi connectivity index (χ4v) is 4.86. The van der Waals surface area contributed by atoms with Gasteiger partial charge >= 0.3 is 0 Å². The maximum absolute atomic E-state index is 13.3. The Kier molecular flexibility index (Phi) is 8.97. The lowest BCUT2D eigenvalue weighted by Crippen LogP contribution is -2.17. The van der Waals surface area contributed by atoms with Crippen molar-refractivity contribution in [2.24, 2.45) is 0 Å². The molecule has 0 spiro atoms. The molecule has 0 unspecified atom stereocenters. The topological polar surface area (TPSA) is 74.1 Å². The number of nitrogens with one attached hydrogen (secondary N) is 1. The summed E-state index contributed by atoms with van der Waals surface area (Å²) in [4.78, 5) is 0. The molecule has 0 bridgehead atoms. The second kappa shape index (κ2) is 12.3. The summed E-state index contributed by atoms with van der Waals surface area (Å²) in [7, 11) is 1.59. The van der Waals surface area contributed by atoms with Gasteiger partial charge in [-0.05, 0) is 68.3 Å². The van der Waals surface area contributed by atoms with Crippen LogP contribution in [-0.2, 0) is 13.2 Å². The van der Waals surface area contributed by atoms with Crippen LogP contribution < -0.4 is 14.8 Å². The van der Waals surface area contributed by atoms with Gasteiger partial charge in [-0.3, -0.25) is 0 Å². The molecule has 0 saturated carbocycles. The standard InChI is InChI=1S/C24H22BrClFN5O2S/c1-33-22-12-16(11-20(25)23(22)34-15-17-7-8-18(27)13-21(17)26)14-28-9-10-35-24-29-30-31-32(24)19-5-3-2-4-6-19/h2-8,11-13,28H,9-10,14-15H2,1H3. The molecule has 182 valence electrons. The fourth-order valence-electron chi connectivity index (χ4n) is 3.25. The highest BCUT2D eigenvalue weighted by Gasteiger charge is 2.14. The number of aromatic nitrogens is 4. The Hall–Kier alpha value is -2.66. The SMILES string of the molecule is COc1cc(CNCCSc2nnnn2-c2ccccc2)cc(Br)c1OCc1ccc(F)cc1Cl. The quantitative estimate of drug-likeness (QED) is 0.181. The van der Waals surface area contributed by atoms with E-state index in [1.807, 2.05) is 42.5 Å². The van der Waals surface area contributed by atoms with Gasteiger partial charge in [-0.15, -0.1) is 5.10 Å². The predicted octanol–water partition coefficient (Wildman–Crippen LogP) is 5.69. The van der Waals surface area contributed by atoms with E-state index in [1.165, 1.54) is 12.1 Å². The first-order chi connectivity index (χ1) is 17.0. The molecule has 11 heteroatoms. The Morgan fingerprint density at radius 3 is 2.74 bits per heavy atom. The second-order valence-corrected chi connectivity index (χ2v) is 9.69. The number of para-hydroxylation sites is 1. The number of thioether (sulfide) groups is 1. The zero-order chi connectivity index (χ0) is 24.6. The lowest BCUT2D eigenvalue weighted by molar-refractivity contribution is 0.282. The van der Waals surface area contributed by atoms with Gasteiger partial charge in [0.1, 0.15) is 12.4 Å². The molecule has 35 heavy (non-hydrogen) atoms. The van der Waals surface area contributed by atoms with Crippen molar-refractivity contribution in [2.45, 2.75) is 18.3 Å². The van der Waals surface area contributed by atoms with Crippen LogP contribution in [0.5, 0.6) is 11.5 Å². The summed E-state index contributed by atoms with van der Waals surface area (Å²) in [6, 6.07) is 17.9. The van der Waals surface area contributed by atoms with Crippen LogP contribution in [-0.4, -0.2) is 39.6 Å². The highest BCUT2D eigenvalue weighted by Crippen LogP contribution is 2.37. The van der Waals surface area contributed by atoms with Gasteiger partial charge in [0.25, 0.3) is 0 Å². The molecule has 0 saturated heterocycles. The average molecular weight is 579 g/mol. The monoisotopic (exact) mass is 577 g/mol. The van der Waals surface area contributed by atoms with Crippen molar-refractivity contribution in [2.75, 3.05) is 19.4 Å². The molecular weight excluding hydrogens is 557 g/mol. The Morgan fingerprint density at radius 2 is 1.97 bits per heavy atom. The van der Waals surface area contributed by atoms with Crippen molar-refractivity contribution in [1.82, 2.24) is 25.5 Å². The van der Waals surface area contributed by atoms with Gasteiger partial charge in [0.05, 0.1) is 22.3 Å². The van der Waals surface area contributed by atoms with Gasteiger partial charge in [-0.1, -0.05) is 47.6 Å². The van der Waals surface area contributed by atoms with Gasteiger partial charge in [0.2, 0.25) is 5.16 Å². The third-order valence-electron chi connectivity index (χ3n) is 4.96. The van der Waals surface area contributed by atoms with E-state index in [0.717, 1.165) is 33.2 Å². The zero-order valence-electron chi connectivity index (χ0n) is 18.7. The minimum Gasteiger partial charge on any atom is -0.493 e. The first kappa shape index (κ1) is 25.4. The van der Waals surface area contributed by atoms with E-state index in [1.54, 1.807) is 29.6 Å². The van der Waals surface area contributed by atoms with Crippen LogP contribution in [0.1, 0.15) is 11.1 Å². The normalized spacial score (nSPS) is 11.0. The van der Waals surface area contributed by atoms with Crippen LogP contribution >= 0.6 is 39.3 Å². The van der Waals surface area contributed by atoms with E-state index in [-0.39, 0.29) is 12.4 Å². The smallest absolute Gasteiger partial charge is 0.214 e. The second-order valence-electron chi connectivity index (χ2n) is 7.37. The zero-order valence-corrected chi connectivity index (χ0v) is 21.9. The third-order valence-corrected chi connectivity index (χ3v) is 6.82. The predicted molar refractivity (Wildman–Crippen MR) is 138 cm³/mol. The summed E-state index contributed by atoms with van der Waals surface area (Å²) in [5, 5.41) is 16.5. The van der Waals surface area contributed by atoms with Gasteiger partial charge in [-0.25, -0.2) is 4.39 Å². The number of tetrazole rings is 1. The van der Waals surface area contributed by atoms with E-state index in [0.29, 0.717) is 28.6 Å². The molecule has 0 aliphatic rings. The van der Waals surface area contributed by atoms with Gasteiger partial charge in [0, 0.05) is 24.4 Å². The molecule has 1 heterocycles. The van der Waals surface area contributed by atoms with E-state index >= 15 is 0 Å². The average Bonchev–Trinajstić information content (AvgIpc) is 3.33. The van der Waals surface area contributed by atoms with Crippen molar-refractivity contribution in [3.8, 4) is 17.2 Å². The molecule has 4 rings (SSSR count). The number of rotatable bonds is 11. The maximum atomic E-state index is 13.3. The van der Waals surface area contributed by atoms with Crippen molar-refractivity contribution in [1.29, 1.82) is 0 Å². The molecular formula is C24H22BrClFN5O2S. The number of hydrogen-bond donors (Lipinski definition) is 1. The molecule has 0 radical (unpaired) electrons. The number of halogens is 3.